The number of hydrogen-bond acceptors (Lipinski definition) is 2. The first-order valence-electron chi connectivity index (χ1n) is 6.43. The Balaban J connectivity index is 2.39. The summed E-state index contributed by atoms with van der Waals surface area (Å²) in [5, 5.41) is 2.26. The van der Waals surface area contributed by atoms with Crippen molar-refractivity contribution in [1.29, 1.82) is 0 Å². The van der Waals surface area contributed by atoms with Crippen molar-refractivity contribution in [2.75, 3.05) is 23.3 Å². The SMILES string of the molecule is CCN(CCCBr)c1nc2ccccc2cc1C. The van der Waals surface area contributed by atoms with Crippen molar-refractivity contribution in [2.24, 2.45) is 0 Å². The van der Waals surface area contributed by atoms with Gasteiger partial charge in [-0.05, 0) is 38.0 Å². The minimum Gasteiger partial charge on any atom is -0.357 e. The summed E-state index contributed by atoms with van der Waals surface area (Å²) in [4.78, 5) is 7.16. The van der Waals surface area contributed by atoms with Gasteiger partial charge in [0.1, 0.15) is 5.82 Å². The standard InChI is InChI=1S/C15H19BrN2/c1-3-18(10-6-9-16)15-12(2)11-13-7-4-5-8-14(13)17-15/h4-5,7-8,11H,3,6,9-10H2,1-2H3. The third-order valence-corrected chi connectivity index (χ3v) is 3.69. The summed E-state index contributed by atoms with van der Waals surface area (Å²) in [6.07, 6.45) is 1.14. The minimum absolute atomic E-state index is 0.999. The molecule has 1 aromatic heterocycles. The summed E-state index contributed by atoms with van der Waals surface area (Å²) in [6, 6.07) is 10.5. The molecule has 0 fully saturated rings. The average molecular weight is 307 g/mol. The molecule has 0 atom stereocenters. The number of aromatic nitrogens is 1. The van der Waals surface area contributed by atoms with Crippen LogP contribution in [0.5, 0.6) is 0 Å². The van der Waals surface area contributed by atoms with E-state index in [0.29, 0.717) is 0 Å². The molecule has 0 aliphatic carbocycles. The van der Waals surface area contributed by atoms with Crippen molar-refractivity contribution in [2.45, 2.75) is 20.3 Å². The van der Waals surface area contributed by atoms with Gasteiger partial charge in [-0.2, -0.15) is 0 Å². The van der Waals surface area contributed by atoms with Gasteiger partial charge in [0.2, 0.25) is 0 Å². The Hall–Kier alpha value is -1.09. The third-order valence-electron chi connectivity index (χ3n) is 3.13. The smallest absolute Gasteiger partial charge is 0.132 e. The van der Waals surface area contributed by atoms with Gasteiger partial charge >= 0.3 is 0 Å². The highest BCUT2D eigenvalue weighted by Crippen LogP contribution is 2.23. The molecule has 2 rings (SSSR count). The third kappa shape index (κ3) is 2.83. The van der Waals surface area contributed by atoms with Gasteiger partial charge in [0.25, 0.3) is 0 Å². The second kappa shape index (κ2) is 6.19. The number of rotatable bonds is 5. The van der Waals surface area contributed by atoms with Crippen molar-refractivity contribution in [3.05, 3.63) is 35.9 Å². The van der Waals surface area contributed by atoms with Crippen LogP contribution >= 0.6 is 15.9 Å². The fraction of sp³-hybridized carbons (Fsp3) is 0.400. The maximum atomic E-state index is 4.81. The minimum atomic E-state index is 0.999. The maximum absolute atomic E-state index is 4.81. The van der Waals surface area contributed by atoms with Crippen molar-refractivity contribution in [1.82, 2.24) is 4.98 Å². The molecular weight excluding hydrogens is 288 g/mol. The fourth-order valence-corrected chi connectivity index (χ4v) is 2.45. The predicted molar refractivity (Wildman–Crippen MR) is 82.8 cm³/mol. The second-order valence-corrected chi connectivity index (χ2v) is 5.24. The molecule has 0 aliphatic rings. The van der Waals surface area contributed by atoms with E-state index in [1.807, 2.05) is 6.07 Å². The number of fused-ring (bicyclic) bond motifs is 1. The number of anilines is 1. The molecular formula is C15H19BrN2. The first kappa shape index (κ1) is 13.3. The van der Waals surface area contributed by atoms with Gasteiger partial charge in [0, 0.05) is 23.8 Å². The Bertz CT molecular complexity index is 525. The van der Waals surface area contributed by atoms with Crippen LogP contribution in [0.25, 0.3) is 10.9 Å². The second-order valence-electron chi connectivity index (χ2n) is 4.44. The van der Waals surface area contributed by atoms with Gasteiger partial charge in [0.15, 0.2) is 0 Å². The molecule has 0 spiro atoms. The van der Waals surface area contributed by atoms with Crippen LogP contribution in [0.3, 0.4) is 0 Å². The monoisotopic (exact) mass is 306 g/mol. The van der Waals surface area contributed by atoms with E-state index in [4.69, 9.17) is 4.98 Å². The van der Waals surface area contributed by atoms with Crippen LogP contribution in [-0.4, -0.2) is 23.4 Å². The van der Waals surface area contributed by atoms with Crippen LogP contribution < -0.4 is 4.90 Å². The normalized spacial score (nSPS) is 10.8. The molecule has 1 heterocycles. The van der Waals surface area contributed by atoms with Gasteiger partial charge in [-0.25, -0.2) is 4.98 Å². The summed E-state index contributed by atoms with van der Waals surface area (Å²) in [5.41, 5.74) is 2.33. The van der Waals surface area contributed by atoms with Crippen molar-refractivity contribution >= 4 is 32.7 Å². The topological polar surface area (TPSA) is 16.1 Å². The van der Waals surface area contributed by atoms with Gasteiger partial charge in [-0.3, -0.25) is 0 Å². The highest BCUT2D eigenvalue weighted by atomic mass is 79.9. The Morgan fingerprint density at radius 3 is 2.78 bits per heavy atom. The summed E-state index contributed by atoms with van der Waals surface area (Å²) in [6.45, 7) is 6.38. The molecule has 0 amide bonds. The highest BCUT2D eigenvalue weighted by molar-refractivity contribution is 9.09. The number of aryl methyl sites for hydroxylation is 1. The Morgan fingerprint density at radius 1 is 1.28 bits per heavy atom. The van der Waals surface area contributed by atoms with Crippen LogP contribution in [0.15, 0.2) is 30.3 Å². The van der Waals surface area contributed by atoms with Crippen LogP contribution in [-0.2, 0) is 0 Å². The van der Waals surface area contributed by atoms with Crippen LogP contribution in [0, 0.1) is 6.92 Å². The van der Waals surface area contributed by atoms with E-state index in [9.17, 15) is 0 Å². The molecule has 0 saturated heterocycles. The average Bonchev–Trinajstić information content (AvgIpc) is 2.40. The Labute approximate surface area is 117 Å². The van der Waals surface area contributed by atoms with E-state index in [0.717, 1.165) is 36.2 Å². The molecule has 1 aromatic carbocycles. The molecule has 0 unspecified atom stereocenters. The fourth-order valence-electron chi connectivity index (χ4n) is 2.20. The quantitative estimate of drug-likeness (QED) is 0.771. The van der Waals surface area contributed by atoms with Crippen molar-refractivity contribution in [3.63, 3.8) is 0 Å². The number of alkyl halides is 1. The molecule has 0 aliphatic heterocycles. The molecule has 0 bridgehead atoms. The zero-order valence-corrected chi connectivity index (χ0v) is 12.6. The molecule has 2 nitrogen and oxygen atoms in total. The maximum Gasteiger partial charge on any atom is 0.132 e. The van der Waals surface area contributed by atoms with E-state index >= 15 is 0 Å². The molecule has 3 heteroatoms. The Morgan fingerprint density at radius 2 is 2.06 bits per heavy atom. The summed E-state index contributed by atoms with van der Waals surface area (Å²) in [5.74, 6) is 1.12. The van der Waals surface area contributed by atoms with Crippen LogP contribution in [0.4, 0.5) is 5.82 Å². The highest BCUT2D eigenvalue weighted by Gasteiger charge is 2.09. The number of halogens is 1. The summed E-state index contributed by atoms with van der Waals surface area (Å²) in [7, 11) is 0. The molecule has 18 heavy (non-hydrogen) atoms. The lowest BCUT2D eigenvalue weighted by atomic mass is 10.1. The van der Waals surface area contributed by atoms with Gasteiger partial charge in [-0.15, -0.1) is 0 Å². The summed E-state index contributed by atoms with van der Waals surface area (Å²) >= 11 is 3.49. The van der Waals surface area contributed by atoms with Crippen LogP contribution in [0.1, 0.15) is 18.9 Å². The lowest BCUT2D eigenvalue weighted by Gasteiger charge is -2.23. The predicted octanol–water partition coefficient (Wildman–Crippen LogP) is 4.15. The van der Waals surface area contributed by atoms with E-state index in [1.54, 1.807) is 0 Å². The van der Waals surface area contributed by atoms with Crippen molar-refractivity contribution < 1.29 is 0 Å². The van der Waals surface area contributed by atoms with Gasteiger partial charge in [-0.1, -0.05) is 34.1 Å². The molecule has 0 radical (unpaired) electrons. The molecule has 0 saturated carbocycles. The lowest BCUT2D eigenvalue weighted by Crippen LogP contribution is -2.26. The number of pyridine rings is 1. The van der Waals surface area contributed by atoms with Gasteiger partial charge in [0.05, 0.1) is 5.52 Å². The van der Waals surface area contributed by atoms with Gasteiger partial charge < -0.3 is 4.90 Å². The molecule has 0 N–H and O–H groups in total. The van der Waals surface area contributed by atoms with Crippen LogP contribution in [0.2, 0.25) is 0 Å². The largest absolute Gasteiger partial charge is 0.357 e. The van der Waals surface area contributed by atoms with E-state index in [1.165, 1.54) is 10.9 Å². The molecule has 96 valence electrons. The van der Waals surface area contributed by atoms with E-state index < -0.39 is 0 Å². The first-order chi connectivity index (χ1) is 8.76. The Kier molecular flexibility index (Phi) is 4.59. The van der Waals surface area contributed by atoms with E-state index in [2.05, 4.69) is 58.9 Å². The number of para-hydroxylation sites is 1. The number of nitrogens with zero attached hydrogens (tertiary/aromatic N) is 2. The van der Waals surface area contributed by atoms with Crippen molar-refractivity contribution in [3.8, 4) is 0 Å². The van der Waals surface area contributed by atoms with E-state index in [-0.39, 0.29) is 0 Å². The zero-order valence-electron chi connectivity index (χ0n) is 11.0. The summed E-state index contributed by atoms with van der Waals surface area (Å²) < 4.78 is 0. The molecule has 2 aromatic rings. The first-order valence-corrected chi connectivity index (χ1v) is 7.55. The zero-order chi connectivity index (χ0) is 13.0. The number of benzene rings is 1. The lowest BCUT2D eigenvalue weighted by molar-refractivity contribution is 0.784. The number of hydrogen-bond donors (Lipinski definition) is 0.